The van der Waals surface area contributed by atoms with Crippen LogP contribution in [0.2, 0.25) is 0 Å². The molecule has 1 unspecified atom stereocenters. The number of benzene rings is 1. The van der Waals surface area contributed by atoms with E-state index in [4.69, 9.17) is 10.00 Å². The van der Waals surface area contributed by atoms with Crippen molar-refractivity contribution in [3.8, 4) is 11.8 Å². The van der Waals surface area contributed by atoms with Crippen molar-refractivity contribution in [3.63, 3.8) is 0 Å². The molecule has 0 aliphatic rings. The van der Waals surface area contributed by atoms with E-state index in [-0.39, 0.29) is 0 Å². The Morgan fingerprint density at radius 1 is 1.38 bits per heavy atom. The highest BCUT2D eigenvalue weighted by molar-refractivity contribution is 7.85. The molecule has 86 valence electrons. The minimum atomic E-state index is -1.03. The third-order valence-electron chi connectivity index (χ3n) is 2.18. The van der Waals surface area contributed by atoms with Crippen LogP contribution in [0.5, 0.6) is 5.75 Å². The van der Waals surface area contributed by atoms with Gasteiger partial charge >= 0.3 is 0 Å². The van der Waals surface area contributed by atoms with Gasteiger partial charge in [0.25, 0.3) is 0 Å². The Morgan fingerprint density at radius 3 is 2.81 bits per heavy atom. The molecule has 0 N–H and O–H groups in total. The van der Waals surface area contributed by atoms with Gasteiger partial charge in [-0.3, -0.25) is 4.21 Å². The van der Waals surface area contributed by atoms with Crippen LogP contribution >= 0.6 is 0 Å². The van der Waals surface area contributed by atoms with Crippen LogP contribution in [0, 0.1) is 11.3 Å². The first kappa shape index (κ1) is 12.7. The molecule has 0 saturated heterocycles. The van der Waals surface area contributed by atoms with Crippen molar-refractivity contribution in [2.75, 3.05) is 12.9 Å². The van der Waals surface area contributed by atoms with Gasteiger partial charge in [-0.15, -0.1) is 0 Å². The SMILES string of the molecule is COc1ccccc1S(=O)CCCCC#N. The molecule has 3 nitrogen and oxygen atoms in total. The molecule has 16 heavy (non-hydrogen) atoms. The highest BCUT2D eigenvalue weighted by Gasteiger charge is 2.08. The van der Waals surface area contributed by atoms with Gasteiger partial charge in [-0.25, -0.2) is 0 Å². The maximum Gasteiger partial charge on any atom is 0.134 e. The second-order valence-corrected chi connectivity index (χ2v) is 4.85. The van der Waals surface area contributed by atoms with Crippen LogP contribution in [-0.4, -0.2) is 17.1 Å². The Kier molecular flexibility index (Phi) is 5.58. The fourth-order valence-electron chi connectivity index (χ4n) is 1.35. The molecule has 0 heterocycles. The van der Waals surface area contributed by atoms with Gasteiger partial charge in [-0.05, 0) is 25.0 Å². The van der Waals surface area contributed by atoms with Crippen LogP contribution in [0.3, 0.4) is 0 Å². The molecule has 1 atom stereocenters. The molecule has 4 heteroatoms. The fourth-order valence-corrected chi connectivity index (χ4v) is 2.65. The van der Waals surface area contributed by atoms with Crippen molar-refractivity contribution < 1.29 is 8.95 Å². The Morgan fingerprint density at radius 2 is 2.12 bits per heavy atom. The van der Waals surface area contributed by atoms with E-state index in [9.17, 15) is 4.21 Å². The summed E-state index contributed by atoms with van der Waals surface area (Å²) in [5, 5.41) is 8.38. The lowest BCUT2D eigenvalue weighted by Crippen LogP contribution is -2.00. The average molecular weight is 237 g/mol. The molecule has 1 aromatic carbocycles. The zero-order valence-corrected chi connectivity index (χ0v) is 10.1. The quantitative estimate of drug-likeness (QED) is 0.714. The number of para-hydroxylation sites is 1. The fraction of sp³-hybridized carbons (Fsp3) is 0.417. The van der Waals surface area contributed by atoms with Gasteiger partial charge < -0.3 is 4.74 Å². The molecule has 0 aliphatic carbocycles. The molecule has 1 aromatic rings. The smallest absolute Gasteiger partial charge is 0.134 e. The molecule has 0 spiro atoms. The molecular formula is C12H15NO2S. The van der Waals surface area contributed by atoms with E-state index < -0.39 is 10.8 Å². The summed E-state index contributed by atoms with van der Waals surface area (Å²) in [7, 11) is 0.542. The predicted molar refractivity (Wildman–Crippen MR) is 63.7 cm³/mol. The van der Waals surface area contributed by atoms with Gasteiger partial charge in [0.1, 0.15) is 5.75 Å². The first-order valence-corrected chi connectivity index (χ1v) is 6.50. The zero-order chi connectivity index (χ0) is 11.8. The maximum atomic E-state index is 11.9. The summed E-state index contributed by atoms with van der Waals surface area (Å²) in [5.41, 5.74) is 0. The molecule has 0 aliphatic heterocycles. The van der Waals surface area contributed by atoms with Crippen LogP contribution < -0.4 is 4.74 Å². The lowest BCUT2D eigenvalue weighted by molar-refractivity contribution is 0.404. The summed E-state index contributed by atoms with van der Waals surface area (Å²) < 4.78 is 17.1. The van der Waals surface area contributed by atoms with E-state index in [1.165, 1.54) is 0 Å². The van der Waals surface area contributed by atoms with Crippen LogP contribution in [0.1, 0.15) is 19.3 Å². The standard InChI is InChI=1S/C12H15NO2S/c1-15-11-7-3-4-8-12(11)16(14)10-6-2-5-9-13/h3-4,7-8H,2,5-6,10H2,1H3. The number of rotatable bonds is 6. The first-order valence-electron chi connectivity index (χ1n) is 5.18. The van der Waals surface area contributed by atoms with Crippen molar-refractivity contribution in [2.45, 2.75) is 24.2 Å². The number of hydrogen-bond acceptors (Lipinski definition) is 3. The Balaban J connectivity index is 2.56. The number of ether oxygens (including phenoxy) is 1. The van der Waals surface area contributed by atoms with Crippen molar-refractivity contribution in [1.29, 1.82) is 5.26 Å². The number of hydrogen-bond donors (Lipinski definition) is 0. The van der Waals surface area contributed by atoms with Gasteiger partial charge in [0, 0.05) is 12.2 Å². The lowest BCUT2D eigenvalue weighted by atomic mass is 10.3. The maximum absolute atomic E-state index is 11.9. The monoisotopic (exact) mass is 237 g/mol. The van der Waals surface area contributed by atoms with Gasteiger partial charge in [-0.1, -0.05) is 12.1 Å². The van der Waals surface area contributed by atoms with E-state index in [0.29, 0.717) is 17.9 Å². The molecule has 1 rings (SSSR count). The van der Waals surface area contributed by atoms with Crippen molar-refractivity contribution in [2.24, 2.45) is 0 Å². The summed E-state index contributed by atoms with van der Waals surface area (Å²) in [6, 6.07) is 9.42. The van der Waals surface area contributed by atoms with Crippen LogP contribution in [0.25, 0.3) is 0 Å². The molecule has 0 bridgehead atoms. The third-order valence-corrected chi connectivity index (χ3v) is 3.67. The highest BCUT2D eigenvalue weighted by Crippen LogP contribution is 2.21. The van der Waals surface area contributed by atoms with E-state index in [2.05, 4.69) is 6.07 Å². The van der Waals surface area contributed by atoms with E-state index in [0.717, 1.165) is 17.7 Å². The molecule has 0 amide bonds. The van der Waals surface area contributed by atoms with Crippen molar-refractivity contribution in [3.05, 3.63) is 24.3 Å². The van der Waals surface area contributed by atoms with Crippen LogP contribution in [0.15, 0.2) is 29.2 Å². The highest BCUT2D eigenvalue weighted by atomic mass is 32.2. The third kappa shape index (κ3) is 3.67. The van der Waals surface area contributed by atoms with E-state index in [1.54, 1.807) is 7.11 Å². The summed E-state index contributed by atoms with van der Waals surface area (Å²) in [6.07, 6.45) is 2.14. The Hall–Kier alpha value is -1.34. The molecule has 0 saturated carbocycles. The minimum absolute atomic E-state index is 0.531. The summed E-state index contributed by atoms with van der Waals surface area (Å²) in [5.74, 6) is 1.25. The minimum Gasteiger partial charge on any atom is -0.495 e. The topological polar surface area (TPSA) is 50.1 Å². The lowest BCUT2D eigenvalue weighted by Gasteiger charge is -2.07. The largest absolute Gasteiger partial charge is 0.495 e. The summed E-state index contributed by atoms with van der Waals surface area (Å²) in [4.78, 5) is 0.738. The van der Waals surface area contributed by atoms with Crippen molar-refractivity contribution in [1.82, 2.24) is 0 Å². The van der Waals surface area contributed by atoms with Gasteiger partial charge in [-0.2, -0.15) is 5.26 Å². The zero-order valence-electron chi connectivity index (χ0n) is 9.31. The van der Waals surface area contributed by atoms with Crippen LogP contribution in [-0.2, 0) is 10.8 Å². The van der Waals surface area contributed by atoms with E-state index >= 15 is 0 Å². The average Bonchev–Trinajstić information content (AvgIpc) is 2.34. The normalized spacial score (nSPS) is 11.8. The number of nitrogens with zero attached hydrogens (tertiary/aromatic N) is 1. The Labute approximate surface area is 98.5 Å². The first-order chi connectivity index (χ1) is 7.79. The summed E-state index contributed by atoms with van der Waals surface area (Å²) >= 11 is 0. The predicted octanol–water partition coefficient (Wildman–Crippen LogP) is 2.50. The molecule has 0 fully saturated rings. The molecule has 0 radical (unpaired) electrons. The Bertz CT molecular complexity index is 398. The molecular weight excluding hydrogens is 222 g/mol. The molecule has 0 aromatic heterocycles. The van der Waals surface area contributed by atoms with Crippen LogP contribution in [0.4, 0.5) is 0 Å². The van der Waals surface area contributed by atoms with E-state index in [1.807, 2.05) is 24.3 Å². The second kappa shape index (κ2) is 7.02. The van der Waals surface area contributed by atoms with Gasteiger partial charge in [0.05, 0.1) is 28.9 Å². The summed E-state index contributed by atoms with van der Waals surface area (Å²) in [6.45, 7) is 0. The number of nitriles is 1. The van der Waals surface area contributed by atoms with Gasteiger partial charge in [0.15, 0.2) is 0 Å². The van der Waals surface area contributed by atoms with Gasteiger partial charge in [0.2, 0.25) is 0 Å². The second-order valence-electron chi connectivity index (χ2n) is 3.32. The van der Waals surface area contributed by atoms with Crippen molar-refractivity contribution >= 4 is 10.8 Å². The number of methoxy groups -OCH3 is 1. The number of unbranched alkanes of at least 4 members (excludes halogenated alkanes) is 2.